The van der Waals surface area contributed by atoms with E-state index >= 15 is 0 Å². The van der Waals surface area contributed by atoms with E-state index in [-0.39, 0.29) is 5.38 Å². The molecule has 1 atom stereocenters. The van der Waals surface area contributed by atoms with Gasteiger partial charge in [0.1, 0.15) is 0 Å². The van der Waals surface area contributed by atoms with Crippen molar-refractivity contribution in [3.63, 3.8) is 0 Å². The maximum Gasteiger partial charge on any atom is 0.0852 e. The molecule has 0 fully saturated rings. The van der Waals surface area contributed by atoms with Crippen LogP contribution in [0.5, 0.6) is 0 Å². The Kier molecular flexibility index (Phi) is 3.53. The standard InChI is InChI=1S/C16H12Cl2S/c1-10-8-11(17)6-7-12(10)16(18)14-9-19-15-5-3-2-4-13(14)15/h2-9,16H,1H3. The first kappa shape index (κ1) is 13.0. The third kappa shape index (κ3) is 2.38. The second-order valence-corrected chi connectivity index (χ2v) is 6.33. The summed E-state index contributed by atoms with van der Waals surface area (Å²) in [5, 5.41) is 4.01. The average Bonchev–Trinajstić information content (AvgIpc) is 2.82. The summed E-state index contributed by atoms with van der Waals surface area (Å²) in [6.45, 7) is 2.05. The molecule has 0 bridgehead atoms. The van der Waals surface area contributed by atoms with Gasteiger partial charge in [0.25, 0.3) is 0 Å². The van der Waals surface area contributed by atoms with Crippen molar-refractivity contribution in [3.05, 3.63) is 69.6 Å². The number of aryl methyl sites for hydroxylation is 1. The summed E-state index contributed by atoms with van der Waals surface area (Å²) in [7, 11) is 0. The third-order valence-corrected chi connectivity index (χ3v) is 4.98. The first-order valence-electron chi connectivity index (χ1n) is 6.03. The van der Waals surface area contributed by atoms with Gasteiger partial charge in [-0.2, -0.15) is 0 Å². The van der Waals surface area contributed by atoms with Crippen molar-refractivity contribution in [1.29, 1.82) is 0 Å². The van der Waals surface area contributed by atoms with Crippen LogP contribution in [0, 0.1) is 6.92 Å². The predicted molar refractivity (Wildman–Crippen MR) is 85.7 cm³/mol. The lowest BCUT2D eigenvalue weighted by Crippen LogP contribution is -1.95. The summed E-state index contributed by atoms with van der Waals surface area (Å²) in [6, 6.07) is 14.2. The SMILES string of the molecule is Cc1cc(Cl)ccc1C(Cl)c1csc2ccccc12. The van der Waals surface area contributed by atoms with Crippen molar-refractivity contribution in [2.45, 2.75) is 12.3 Å². The molecule has 0 amide bonds. The van der Waals surface area contributed by atoms with Gasteiger partial charge in [0.15, 0.2) is 0 Å². The van der Waals surface area contributed by atoms with Gasteiger partial charge in [0.05, 0.1) is 5.38 Å². The van der Waals surface area contributed by atoms with Gasteiger partial charge >= 0.3 is 0 Å². The first-order valence-corrected chi connectivity index (χ1v) is 7.72. The largest absolute Gasteiger partial charge is 0.143 e. The minimum atomic E-state index is -0.131. The molecule has 0 aliphatic rings. The summed E-state index contributed by atoms with van der Waals surface area (Å²) in [4.78, 5) is 0. The van der Waals surface area contributed by atoms with E-state index in [9.17, 15) is 0 Å². The fourth-order valence-electron chi connectivity index (χ4n) is 2.29. The molecule has 3 heteroatoms. The van der Waals surface area contributed by atoms with Crippen LogP contribution < -0.4 is 0 Å². The second kappa shape index (κ2) is 5.16. The molecule has 0 N–H and O–H groups in total. The van der Waals surface area contributed by atoms with Crippen molar-refractivity contribution in [2.75, 3.05) is 0 Å². The van der Waals surface area contributed by atoms with E-state index < -0.39 is 0 Å². The maximum atomic E-state index is 6.67. The molecule has 2 aromatic carbocycles. The molecule has 1 heterocycles. The summed E-state index contributed by atoms with van der Waals surface area (Å²) in [5.41, 5.74) is 3.42. The van der Waals surface area contributed by atoms with Crippen molar-refractivity contribution in [2.24, 2.45) is 0 Å². The van der Waals surface area contributed by atoms with E-state index in [4.69, 9.17) is 23.2 Å². The lowest BCUT2D eigenvalue weighted by molar-refractivity contribution is 1.13. The molecule has 0 aliphatic heterocycles. The predicted octanol–water partition coefficient (Wildman–Crippen LogP) is 6.19. The van der Waals surface area contributed by atoms with E-state index in [0.29, 0.717) is 0 Å². The highest BCUT2D eigenvalue weighted by Gasteiger charge is 2.17. The summed E-state index contributed by atoms with van der Waals surface area (Å²) in [5.74, 6) is 0. The number of thiophene rings is 1. The minimum Gasteiger partial charge on any atom is -0.143 e. The monoisotopic (exact) mass is 306 g/mol. The number of halogens is 2. The average molecular weight is 307 g/mol. The van der Waals surface area contributed by atoms with Gasteiger partial charge in [-0.05, 0) is 52.6 Å². The number of hydrogen-bond acceptors (Lipinski definition) is 1. The van der Waals surface area contributed by atoms with Gasteiger partial charge in [0.2, 0.25) is 0 Å². The van der Waals surface area contributed by atoms with Crippen LogP contribution in [-0.2, 0) is 0 Å². The third-order valence-electron chi connectivity index (χ3n) is 3.29. The smallest absolute Gasteiger partial charge is 0.0852 e. The van der Waals surface area contributed by atoms with Gasteiger partial charge in [0, 0.05) is 9.72 Å². The van der Waals surface area contributed by atoms with Gasteiger partial charge in [-0.1, -0.05) is 35.9 Å². The number of rotatable bonds is 2. The summed E-state index contributed by atoms with van der Waals surface area (Å²) in [6.07, 6.45) is 0. The van der Waals surface area contributed by atoms with Crippen LogP contribution in [0.3, 0.4) is 0 Å². The lowest BCUT2D eigenvalue weighted by Gasteiger charge is -2.12. The van der Waals surface area contributed by atoms with E-state index in [0.717, 1.165) is 16.1 Å². The van der Waals surface area contributed by atoms with Gasteiger partial charge in [-0.3, -0.25) is 0 Å². The Morgan fingerprint density at radius 2 is 1.84 bits per heavy atom. The molecule has 3 aromatic rings. The fourth-order valence-corrected chi connectivity index (χ4v) is 4.00. The molecule has 0 saturated carbocycles. The molecule has 96 valence electrons. The van der Waals surface area contributed by atoms with Crippen LogP contribution in [0.25, 0.3) is 10.1 Å². The molecule has 1 unspecified atom stereocenters. The van der Waals surface area contributed by atoms with Crippen LogP contribution in [0.15, 0.2) is 47.8 Å². The molecule has 0 aliphatic carbocycles. The zero-order valence-electron chi connectivity index (χ0n) is 10.4. The Hall–Kier alpha value is -1.02. The lowest BCUT2D eigenvalue weighted by atomic mass is 10.00. The van der Waals surface area contributed by atoms with Crippen LogP contribution in [0.2, 0.25) is 5.02 Å². The zero-order chi connectivity index (χ0) is 13.4. The van der Waals surface area contributed by atoms with Crippen LogP contribution in [0.4, 0.5) is 0 Å². The van der Waals surface area contributed by atoms with E-state index in [1.807, 2.05) is 25.1 Å². The molecule has 0 nitrogen and oxygen atoms in total. The molecule has 1 aromatic heterocycles. The highest BCUT2D eigenvalue weighted by atomic mass is 35.5. The number of hydrogen-bond donors (Lipinski definition) is 0. The van der Waals surface area contributed by atoms with Gasteiger partial charge < -0.3 is 0 Å². The minimum absolute atomic E-state index is 0.131. The van der Waals surface area contributed by atoms with Crippen molar-refractivity contribution >= 4 is 44.6 Å². The highest BCUT2D eigenvalue weighted by Crippen LogP contribution is 2.38. The number of fused-ring (bicyclic) bond motifs is 1. The maximum absolute atomic E-state index is 6.67. The molecule has 0 radical (unpaired) electrons. The van der Waals surface area contributed by atoms with E-state index in [1.165, 1.54) is 15.6 Å². The molecular formula is C16H12Cl2S. The van der Waals surface area contributed by atoms with Crippen LogP contribution in [0.1, 0.15) is 22.1 Å². The Labute approximate surface area is 126 Å². The molecule has 0 saturated heterocycles. The van der Waals surface area contributed by atoms with Crippen molar-refractivity contribution < 1.29 is 0 Å². The van der Waals surface area contributed by atoms with Crippen molar-refractivity contribution in [3.8, 4) is 0 Å². The summed E-state index contributed by atoms with van der Waals surface area (Å²) >= 11 is 14.4. The normalized spacial score (nSPS) is 12.8. The molecule has 0 spiro atoms. The first-order chi connectivity index (χ1) is 9.16. The molecular weight excluding hydrogens is 295 g/mol. The Morgan fingerprint density at radius 1 is 1.05 bits per heavy atom. The second-order valence-electron chi connectivity index (χ2n) is 4.55. The van der Waals surface area contributed by atoms with E-state index in [2.05, 4.69) is 29.6 Å². The van der Waals surface area contributed by atoms with Crippen molar-refractivity contribution in [1.82, 2.24) is 0 Å². The number of alkyl halides is 1. The van der Waals surface area contributed by atoms with Gasteiger partial charge in [-0.15, -0.1) is 22.9 Å². The Balaban J connectivity index is 2.10. The number of benzene rings is 2. The zero-order valence-corrected chi connectivity index (χ0v) is 12.7. The Bertz CT molecular complexity index is 730. The van der Waals surface area contributed by atoms with Crippen LogP contribution in [-0.4, -0.2) is 0 Å². The fraction of sp³-hybridized carbons (Fsp3) is 0.125. The Morgan fingerprint density at radius 3 is 2.63 bits per heavy atom. The van der Waals surface area contributed by atoms with E-state index in [1.54, 1.807) is 11.3 Å². The molecule has 19 heavy (non-hydrogen) atoms. The molecule has 3 rings (SSSR count). The summed E-state index contributed by atoms with van der Waals surface area (Å²) < 4.78 is 1.27. The quantitative estimate of drug-likeness (QED) is 0.495. The van der Waals surface area contributed by atoms with Gasteiger partial charge in [-0.25, -0.2) is 0 Å². The topological polar surface area (TPSA) is 0 Å². The van der Waals surface area contributed by atoms with Crippen LogP contribution >= 0.6 is 34.5 Å². The highest BCUT2D eigenvalue weighted by molar-refractivity contribution is 7.17.